The highest BCUT2D eigenvalue weighted by Crippen LogP contribution is 2.20. The molecule has 3 aromatic rings. The molecule has 0 saturated carbocycles. The number of hydrogen-bond donors (Lipinski definition) is 2. The van der Waals surface area contributed by atoms with E-state index in [4.69, 9.17) is 0 Å². The average molecular weight is 411 g/mol. The molecule has 152 valence electrons. The van der Waals surface area contributed by atoms with Crippen molar-refractivity contribution in [2.45, 2.75) is 19.2 Å². The molecule has 1 atom stereocenters. The van der Waals surface area contributed by atoms with Crippen molar-refractivity contribution in [2.24, 2.45) is 0 Å². The highest BCUT2D eigenvalue weighted by molar-refractivity contribution is 7.92. The second-order valence-corrected chi connectivity index (χ2v) is 8.90. The Labute approximate surface area is 172 Å². The molecule has 2 N–H and O–H groups in total. The van der Waals surface area contributed by atoms with Gasteiger partial charge in [-0.25, -0.2) is 8.42 Å². The van der Waals surface area contributed by atoms with E-state index in [0.29, 0.717) is 12.2 Å². The van der Waals surface area contributed by atoms with Gasteiger partial charge in [-0.05, 0) is 28.8 Å². The maximum Gasteiger partial charge on any atom is 0.229 e. The van der Waals surface area contributed by atoms with Gasteiger partial charge in [-0.3, -0.25) is 9.62 Å². The number of hydrogen-bond acceptors (Lipinski definition) is 4. The van der Waals surface area contributed by atoms with Crippen LogP contribution >= 0.6 is 0 Å². The Kier molecular flexibility index (Phi) is 7.04. The van der Waals surface area contributed by atoms with Crippen LogP contribution in [0.5, 0.6) is 0 Å². The van der Waals surface area contributed by atoms with Crippen LogP contribution in [0.25, 0.3) is 0 Å². The Bertz CT molecular complexity index is 950. The summed E-state index contributed by atoms with van der Waals surface area (Å²) in [6, 6.07) is 27.2. The molecular weight excluding hydrogens is 384 g/mol. The summed E-state index contributed by atoms with van der Waals surface area (Å²) in [4.78, 5) is 2.21. The number of benzene rings is 3. The maximum atomic E-state index is 11.3. The number of aliphatic hydroxyl groups excluding tert-OH is 1. The number of rotatable bonds is 9. The fourth-order valence-corrected chi connectivity index (χ4v) is 3.77. The highest BCUT2D eigenvalue weighted by atomic mass is 32.2. The monoisotopic (exact) mass is 410 g/mol. The van der Waals surface area contributed by atoms with Crippen molar-refractivity contribution in [1.82, 2.24) is 4.90 Å². The van der Waals surface area contributed by atoms with Crippen LogP contribution in [-0.2, 0) is 23.1 Å². The molecule has 0 radical (unpaired) electrons. The fraction of sp³-hybridized carbons (Fsp3) is 0.217. The summed E-state index contributed by atoms with van der Waals surface area (Å²) < 4.78 is 25.1. The minimum Gasteiger partial charge on any atom is -0.387 e. The van der Waals surface area contributed by atoms with E-state index in [0.717, 1.165) is 24.9 Å². The summed E-state index contributed by atoms with van der Waals surface area (Å²) in [6.45, 7) is 1.91. The van der Waals surface area contributed by atoms with E-state index in [1.165, 1.54) is 11.1 Å². The zero-order valence-electron chi connectivity index (χ0n) is 16.4. The van der Waals surface area contributed by atoms with E-state index in [9.17, 15) is 13.5 Å². The number of sulfonamides is 1. The van der Waals surface area contributed by atoms with E-state index >= 15 is 0 Å². The molecule has 0 fully saturated rings. The first-order valence-corrected chi connectivity index (χ1v) is 11.3. The van der Waals surface area contributed by atoms with Crippen molar-refractivity contribution in [3.8, 4) is 0 Å². The van der Waals surface area contributed by atoms with Crippen LogP contribution in [0.4, 0.5) is 5.69 Å². The summed E-state index contributed by atoms with van der Waals surface area (Å²) in [6.07, 6.45) is 0.426. The van der Waals surface area contributed by atoms with Crippen molar-refractivity contribution in [3.63, 3.8) is 0 Å². The van der Waals surface area contributed by atoms with E-state index in [-0.39, 0.29) is 0 Å². The molecule has 5 nitrogen and oxygen atoms in total. The van der Waals surface area contributed by atoms with Crippen molar-refractivity contribution in [1.29, 1.82) is 0 Å². The highest BCUT2D eigenvalue weighted by Gasteiger charge is 2.15. The molecule has 1 unspecified atom stereocenters. The minimum absolute atomic E-state index is 0.461. The second kappa shape index (κ2) is 9.69. The summed E-state index contributed by atoms with van der Waals surface area (Å²) in [5.74, 6) is 0. The molecular formula is C23H26N2O3S. The van der Waals surface area contributed by atoms with Gasteiger partial charge in [0.2, 0.25) is 10.0 Å². The lowest BCUT2D eigenvalue weighted by atomic mass is 10.1. The standard InChI is InChI=1S/C23H26N2O3S/c1-29(27,28)24-22-14-12-21(13-15-22)23(26)18-25(16-19-8-4-2-5-9-19)17-20-10-6-3-7-11-20/h2-15,23-24,26H,16-18H2,1H3. The van der Waals surface area contributed by atoms with Crippen LogP contribution < -0.4 is 4.72 Å². The van der Waals surface area contributed by atoms with Gasteiger partial charge in [0.25, 0.3) is 0 Å². The number of nitrogens with zero attached hydrogens (tertiary/aromatic N) is 1. The quantitative estimate of drug-likeness (QED) is 0.563. The van der Waals surface area contributed by atoms with Gasteiger partial charge in [-0.2, -0.15) is 0 Å². The Hall–Kier alpha value is -2.67. The molecule has 0 aliphatic carbocycles. The van der Waals surface area contributed by atoms with Crippen molar-refractivity contribution < 1.29 is 13.5 Å². The number of anilines is 1. The van der Waals surface area contributed by atoms with Crippen molar-refractivity contribution in [2.75, 3.05) is 17.5 Å². The van der Waals surface area contributed by atoms with Crippen LogP contribution in [-0.4, -0.2) is 31.2 Å². The third kappa shape index (κ3) is 7.02. The van der Waals surface area contributed by atoms with Crippen molar-refractivity contribution in [3.05, 3.63) is 102 Å². The molecule has 0 heterocycles. The molecule has 0 amide bonds. The van der Waals surface area contributed by atoms with Crippen molar-refractivity contribution >= 4 is 15.7 Å². The normalized spacial score (nSPS) is 12.7. The van der Waals surface area contributed by atoms with E-state index in [1.54, 1.807) is 24.3 Å². The van der Waals surface area contributed by atoms with Gasteiger partial charge in [0.1, 0.15) is 0 Å². The topological polar surface area (TPSA) is 69.6 Å². The van der Waals surface area contributed by atoms with Gasteiger partial charge in [0, 0.05) is 25.3 Å². The van der Waals surface area contributed by atoms with Crippen LogP contribution in [0.15, 0.2) is 84.9 Å². The second-order valence-electron chi connectivity index (χ2n) is 7.15. The average Bonchev–Trinajstić information content (AvgIpc) is 2.69. The first kappa shape index (κ1) is 21.0. The van der Waals surface area contributed by atoms with Gasteiger partial charge < -0.3 is 5.11 Å². The summed E-state index contributed by atoms with van der Waals surface area (Å²) in [5, 5.41) is 10.8. The van der Waals surface area contributed by atoms with Gasteiger partial charge in [0.15, 0.2) is 0 Å². The third-order valence-corrected chi connectivity index (χ3v) is 5.13. The van der Waals surface area contributed by atoms with Crippen LogP contribution in [0.1, 0.15) is 22.8 Å². The zero-order chi connectivity index (χ0) is 20.7. The van der Waals surface area contributed by atoms with Crippen LogP contribution in [0.3, 0.4) is 0 Å². The summed E-state index contributed by atoms with van der Waals surface area (Å²) in [7, 11) is -3.32. The molecule has 0 aliphatic heterocycles. The molecule has 0 aromatic heterocycles. The van der Waals surface area contributed by atoms with Gasteiger partial charge >= 0.3 is 0 Å². The molecule has 0 aliphatic rings. The van der Waals surface area contributed by atoms with E-state index in [2.05, 4.69) is 33.9 Å². The van der Waals surface area contributed by atoms with E-state index in [1.807, 2.05) is 36.4 Å². The van der Waals surface area contributed by atoms with Gasteiger partial charge in [-0.15, -0.1) is 0 Å². The molecule has 3 rings (SSSR count). The lowest BCUT2D eigenvalue weighted by molar-refractivity contribution is 0.105. The largest absolute Gasteiger partial charge is 0.387 e. The van der Waals surface area contributed by atoms with Crippen LogP contribution in [0, 0.1) is 0 Å². The third-order valence-electron chi connectivity index (χ3n) is 4.53. The molecule has 29 heavy (non-hydrogen) atoms. The lowest BCUT2D eigenvalue weighted by Gasteiger charge is -2.25. The predicted octanol–water partition coefficient (Wildman–Crippen LogP) is 3.79. The SMILES string of the molecule is CS(=O)(=O)Nc1ccc(C(O)CN(Cc2ccccc2)Cc2ccccc2)cc1. The molecule has 0 bridgehead atoms. The summed E-state index contributed by atoms with van der Waals surface area (Å²) >= 11 is 0. The van der Waals surface area contributed by atoms with Gasteiger partial charge in [0.05, 0.1) is 12.4 Å². The Morgan fingerprint density at radius 3 is 1.76 bits per heavy atom. The zero-order valence-corrected chi connectivity index (χ0v) is 17.2. The first-order chi connectivity index (χ1) is 13.9. The fourth-order valence-electron chi connectivity index (χ4n) is 3.21. The predicted molar refractivity (Wildman–Crippen MR) is 117 cm³/mol. The smallest absolute Gasteiger partial charge is 0.229 e. The molecule has 6 heteroatoms. The Balaban J connectivity index is 1.72. The Morgan fingerprint density at radius 2 is 1.31 bits per heavy atom. The lowest BCUT2D eigenvalue weighted by Crippen LogP contribution is -2.28. The van der Waals surface area contributed by atoms with E-state index < -0.39 is 16.1 Å². The Morgan fingerprint density at radius 1 is 0.828 bits per heavy atom. The first-order valence-electron chi connectivity index (χ1n) is 9.45. The maximum absolute atomic E-state index is 11.3. The number of aliphatic hydroxyl groups is 1. The van der Waals surface area contributed by atoms with Crippen LogP contribution in [0.2, 0.25) is 0 Å². The minimum atomic E-state index is -3.32. The summed E-state index contributed by atoms with van der Waals surface area (Å²) in [5.41, 5.74) is 3.59. The molecule has 0 saturated heterocycles. The molecule has 0 spiro atoms. The van der Waals surface area contributed by atoms with Gasteiger partial charge in [-0.1, -0.05) is 72.8 Å². The number of nitrogens with one attached hydrogen (secondary N) is 1. The molecule has 3 aromatic carbocycles.